The summed E-state index contributed by atoms with van der Waals surface area (Å²) >= 11 is 0. The van der Waals surface area contributed by atoms with E-state index >= 15 is 0 Å². The zero-order valence-electron chi connectivity index (χ0n) is 69.0. The molecule has 3 N–H and O–H groups in total. The Balaban J connectivity index is 5.19. The first kappa shape index (κ1) is 103. The number of carbonyl (C=O) groups is 4. The minimum absolute atomic E-state index is 0.108. The van der Waals surface area contributed by atoms with Gasteiger partial charge in [0.2, 0.25) is 0 Å². The van der Waals surface area contributed by atoms with Crippen LogP contribution in [0, 0.1) is 11.8 Å². The van der Waals surface area contributed by atoms with Crippen LogP contribution < -0.4 is 0 Å². The average Bonchev–Trinajstić information content (AvgIpc) is 0.915. The smallest absolute Gasteiger partial charge is 0.462 e. The quantitative estimate of drug-likeness (QED) is 0.0222. The van der Waals surface area contributed by atoms with Gasteiger partial charge in [-0.3, -0.25) is 37.3 Å². The van der Waals surface area contributed by atoms with E-state index in [0.29, 0.717) is 25.7 Å². The van der Waals surface area contributed by atoms with E-state index in [9.17, 15) is 43.2 Å². The minimum atomic E-state index is -4.96. The van der Waals surface area contributed by atoms with Crippen LogP contribution in [0.1, 0.15) is 459 Å². The molecule has 0 heterocycles. The molecule has 0 spiro atoms. The molecule has 17 nitrogen and oxygen atoms in total. The van der Waals surface area contributed by atoms with Crippen LogP contribution in [0.4, 0.5) is 0 Å². The second-order valence-electron chi connectivity index (χ2n) is 31.9. The van der Waals surface area contributed by atoms with E-state index in [2.05, 4.69) is 41.5 Å². The van der Waals surface area contributed by atoms with Crippen molar-refractivity contribution in [3.8, 4) is 0 Å². The SMILES string of the molecule is CCCCCCCCCCCCCCCCCCCCCC(=O)OC[C@H](COP(=O)(O)OC[C@@H](O)COP(=O)(O)OC[C@@H](COC(=O)CCCCCCCCCC)OC(=O)CCCCCCCCCCCCCCCCC(C)C)OC(=O)CCCCCCCCCCCCCCCCCCCCC(C)C. The lowest BCUT2D eigenvalue weighted by atomic mass is 10.0. The van der Waals surface area contributed by atoms with Crippen LogP contribution >= 0.6 is 15.6 Å². The monoisotopic (exact) mass is 1540 g/mol. The number of phosphoric ester groups is 2. The van der Waals surface area contributed by atoms with Gasteiger partial charge in [-0.25, -0.2) is 9.13 Å². The fourth-order valence-corrected chi connectivity index (χ4v) is 15.0. The molecule has 19 heteroatoms. The summed E-state index contributed by atoms with van der Waals surface area (Å²) in [6.45, 7) is 9.70. The molecule has 0 aliphatic rings. The molecule has 0 saturated carbocycles. The molecule has 0 rings (SSSR count). The molecule has 105 heavy (non-hydrogen) atoms. The van der Waals surface area contributed by atoms with Gasteiger partial charge in [0.15, 0.2) is 12.2 Å². The number of unbranched alkanes of at least 4 members (excludes halogenated alkanes) is 55. The van der Waals surface area contributed by atoms with Gasteiger partial charge in [0.25, 0.3) is 0 Å². The van der Waals surface area contributed by atoms with E-state index in [1.807, 2.05) is 0 Å². The highest BCUT2D eigenvalue weighted by Gasteiger charge is 2.30. The van der Waals surface area contributed by atoms with E-state index in [4.69, 9.17) is 37.0 Å². The van der Waals surface area contributed by atoms with Gasteiger partial charge >= 0.3 is 39.5 Å². The molecule has 0 bridgehead atoms. The van der Waals surface area contributed by atoms with Gasteiger partial charge in [-0.05, 0) is 37.5 Å². The van der Waals surface area contributed by atoms with E-state index in [1.165, 1.54) is 270 Å². The van der Waals surface area contributed by atoms with Crippen molar-refractivity contribution < 1.29 is 80.2 Å². The average molecular weight is 1540 g/mol. The van der Waals surface area contributed by atoms with Gasteiger partial charge in [-0.2, -0.15) is 0 Å². The maximum absolute atomic E-state index is 13.1. The van der Waals surface area contributed by atoms with E-state index in [-0.39, 0.29) is 25.7 Å². The van der Waals surface area contributed by atoms with E-state index < -0.39 is 97.5 Å². The van der Waals surface area contributed by atoms with Crippen LogP contribution in [0.25, 0.3) is 0 Å². The largest absolute Gasteiger partial charge is 0.472 e. The number of aliphatic hydroxyl groups is 1. The number of phosphoric acid groups is 2. The number of carbonyl (C=O) groups excluding carboxylic acids is 4. The lowest BCUT2D eigenvalue weighted by molar-refractivity contribution is -0.161. The molecular formula is C86H168O17P2. The fourth-order valence-electron chi connectivity index (χ4n) is 13.4. The summed E-state index contributed by atoms with van der Waals surface area (Å²) < 4.78 is 68.8. The third kappa shape index (κ3) is 79.9. The van der Waals surface area contributed by atoms with E-state index in [0.717, 1.165) is 108 Å². The summed E-state index contributed by atoms with van der Waals surface area (Å²) in [4.78, 5) is 73.1. The van der Waals surface area contributed by atoms with E-state index in [1.54, 1.807) is 0 Å². The lowest BCUT2D eigenvalue weighted by Gasteiger charge is -2.21. The number of esters is 4. The molecule has 0 saturated heterocycles. The topological polar surface area (TPSA) is 237 Å². The summed E-state index contributed by atoms with van der Waals surface area (Å²) in [6, 6.07) is 0. The van der Waals surface area contributed by atoms with Gasteiger partial charge in [-0.15, -0.1) is 0 Å². The minimum Gasteiger partial charge on any atom is -0.462 e. The Morgan fingerprint density at radius 2 is 0.438 bits per heavy atom. The van der Waals surface area contributed by atoms with Crippen LogP contribution in [-0.2, 0) is 65.4 Å². The van der Waals surface area contributed by atoms with Crippen LogP contribution in [0.2, 0.25) is 0 Å². The molecule has 0 amide bonds. The second kappa shape index (κ2) is 77.4. The Labute approximate surface area is 645 Å². The Hall–Kier alpha value is -1.94. The highest BCUT2D eigenvalue weighted by Crippen LogP contribution is 2.45. The summed E-state index contributed by atoms with van der Waals surface area (Å²) in [5.41, 5.74) is 0. The number of ether oxygens (including phenoxy) is 4. The zero-order valence-corrected chi connectivity index (χ0v) is 70.8. The van der Waals surface area contributed by atoms with Crippen molar-refractivity contribution in [2.24, 2.45) is 11.8 Å². The van der Waals surface area contributed by atoms with Crippen molar-refractivity contribution in [1.82, 2.24) is 0 Å². The Morgan fingerprint density at radius 1 is 0.257 bits per heavy atom. The summed E-state index contributed by atoms with van der Waals surface area (Å²) in [6.07, 6.45) is 69.6. The van der Waals surface area contributed by atoms with Crippen molar-refractivity contribution in [2.45, 2.75) is 477 Å². The van der Waals surface area contributed by atoms with Crippen LogP contribution in [0.15, 0.2) is 0 Å². The zero-order chi connectivity index (χ0) is 77.1. The van der Waals surface area contributed by atoms with Gasteiger partial charge in [0.1, 0.15) is 19.3 Å². The maximum Gasteiger partial charge on any atom is 0.472 e. The van der Waals surface area contributed by atoms with Crippen LogP contribution in [0.3, 0.4) is 0 Å². The first-order chi connectivity index (χ1) is 50.9. The molecule has 0 radical (unpaired) electrons. The highest BCUT2D eigenvalue weighted by molar-refractivity contribution is 7.47. The van der Waals surface area contributed by atoms with Crippen LogP contribution in [-0.4, -0.2) is 96.7 Å². The van der Waals surface area contributed by atoms with Gasteiger partial charge in [0, 0.05) is 25.7 Å². The van der Waals surface area contributed by atoms with Crippen molar-refractivity contribution in [1.29, 1.82) is 0 Å². The summed E-state index contributed by atoms with van der Waals surface area (Å²) in [7, 11) is -9.92. The number of hydrogen-bond acceptors (Lipinski definition) is 15. The summed E-state index contributed by atoms with van der Waals surface area (Å²) in [5.74, 6) is -0.489. The third-order valence-corrected chi connectivity index (χ3v) is 22.1. The molecule has 624 valence electrons. The second-order valence-corrected chi connectivity index (χ2v) is 34.8. The fraction of sp³-hybridized carbons (Fsp3) is 0.953. The molecule has 0 aromatic rings. The van der Waals surface area contributed by atoms with Crippen molar-refractivity contribution in [2.75, 3.05) is 39.6 Å². The molecule has 0 aromatic heterocycles. The Kier molecular flexibility index (Phi) is 76.0. The predicted octanol–water partition coefficient (Wildman–Crippen LogP) is 26.2. The molecule has 5 atom stereocenters. The maximum atomic E-state index is 13.1. The van der Waals surface area contributed by atoms with Crippen molar-refractivity contribution in [3.05, 3.63) is 0 Å². The molecule has 0 aliphatic heterocycles. The Morgan fingerprint density at radius 3 is 0.648 bits per heavy atom. The Bertz CT molecular complexity index is 2010. The molecular weight excluding hydrogens is 1370 g/mol. The first-order valence-corrected chi connectivity index (χ1v) is 47.5. The number of rotatable bonds is 85. The standard InChI is InChI=1S/C86H168O17P2/c1-7-9-11-13-15-17-18-19-20-21-22-26-29-35-40-45-51-57-63-69-84(89)97-75-82(103-86(91)70-64-58-52-46-41-36-30-27-24-23-25-28-33-38-43-48-54-60-66-78(3)4)77-101-105(94,95)99-73-80(87)72-98-104(92,93)100-76-81(74-96-83(88)68-62-56-50-16-14-12-10-8-2)102-85(90)71-65-59-53-47-42-37-32-31-34-39-44-49-55-61-67-79(5)6/h78-82,87H,7-77H2,1-6H3,(H,92,93)(H,94,95)/t80-,81+,82+/m0/s1. The molecule has 0 aromatic carbocycles. The predicted molar refractivity (Wildman–Crippen MR) is 432 cm³/mol. The van der Waals surface area contributed by atoms with Crippen molar-refractivity contribution >= 4 is 39.5 Å². The molecule has 2 unspecified atom stereocenters. The summed E-state index contributed by atoms with van der Waals surface area (Å²) in [5, 5.41) is 10.7. The lowest BCUT2D eigenvalue weighted by Crippen LogP contribution is -2.30. The normalized spacial score (nSPS) is 13.8. The molecule has 0 aliphatic carbocycles. The first-order valence-electron chi connectivity index (χ1n) is 44.5. The van der Waals surface area contributed by atoms with Gasteiger partial charge in [0.05, 0.1) is 26.4 Å². The van der Waals surface area contributed by atoms with Gasteiger partial charge in [-0.1, -0.05) is 408 Å². The van der Waals surface area contributed by atoms with Gasteiger partial charge < -0.3 is 33.8 Å². The number of aliphatic hydroxyl groups excluding tert-OH is 1. The van der Waals surface area contributed by atoms with Crippen molar-refractivity contribution in [3.63, 3.8) is 0 Å². The third-order valence-electron chi connectivity index (χ3n) is 20.2. The molecule has 0 fully saturated rings. The van der Waals surface area contributed by atoms with Crippen LogP contribution in [0.5, 0.6) is 0 Å². The highest BCUT2D eigenvalue weighted by atomic mass is 31.2. The number of hydrogen-bond donors (Lipinski definition) is 3.